The second-order valence-corrected chi connectivity index (χ2v) is 4.15. The predicted octanol–water partition coefficient (Wildman–Crippen LogP) is 3.00. The van der Waals surface area contributed by atoms with Gasteiger partial charge in [-0.2, -0.15) is 0 Å². The molecule has 0 saturated heterocycles. The van der Waals surface area contributed by atoms with E-state index in [1.807, 2.05) is 0 Å². The zero-order chi connectivity index (χ0) is 14.5. The van der Waals surface area contributed by atoms with E-state index < -0.39 is 0 Å². The number of hydrogen-bond donors (Lipinski definition) is 2. The summed E-state index contributed by atoms with van der Waals surface area (Å²) in [7, 11) is 1.45. The molecule has 0 saturated carbocycles. The molecule has 2 rings (SSSR count). The molecule has 0 fully saturated rings. The molecule has 102 valence electrons. The lowest BCUT2D eigenvalue weighted by molar-refractivity contribution is 0.104. The van der Waals surface area contributed by atoms with E-state index in [9.17, 15) is 15.0 Å². The van der Waals surface area contributed by atoms with Gasteiger partial charge in [-0.1, -0.05) is 24.3 Å². The van der Waals surface area contributed by atoms with Crippen LogP contribution in [0.3, 0.4) is 0 Å². The van der Waals surface area contributed by atoms with Crippen LogP contribution in [0.25, 0.3) is 6.08 Å². The molecule has 2 aromatic rings. The minimum atomic E-state index is -0.296. The van der Waals surface area contributed by atoms with Crippen LogP contribution in [-0.2, 0) is 0 Å². The quantitative estimate of drug-likeness (QED) is 0.662. The van der Waals surface area contributed by atoms with Gasteiger partial charge in [0.05, 0.1) is 12.7 Å². The van der Waals surface area contributed by atoms with E-state index in [1.165, 1.54) is 25.3 Å². The Kier molecular flexibility index (Phi) is 4.05. The molecule has 0 radical (unpaired) electrons. The van der Waals surface area contributed by atoms with Crippen LogP contribution in [0.5, 0.6) is 17.2 Å². The molecule has 0 heterocycles. The third-order valence-corrected chi connectivity index (χ3v) is 2.80. The summed E-state index contributed by atoms with van der Waals surface area (Å²) < 4.78 is 4.99. The number of rotatable bonds is 4. The van der Waals surface area contributed by atoms with Gasteiger partial charge in [-0.15, -0.1) is 0 Å². The van der Waals surface area contributed by atoms with E-state index in [0.717, 1.165) is 0 Å². The zero-order valence-electron chi connectivity index (χ0n) is 10.9. The van der Waals surface area contributed by atoms with Crippen molar-refractivity contribution in [1.82, 2.24) is 0 Å². The van der Waals surface area contributed by atoms with Crippen molar-refractivity contribution in [2.24, 2.45) is 0 Å². The first-order chi connectivity index (χ1) is 9.61. The first-order valence-electron chi connectivity index (χ1n) is 5.99. The number of methoxy groups -OCH3 is 1. The fraction of sp³-hybridized carbons (Fsp3) is 0.0625. The second kappa shape index (κ2) is 5.93. The zero-order valence-corrected chi connectivity index (χ0v) is 10.9. The minimum Gasteiger partial charge on any atom is -0.507 e. The Balaban J connectivity index is 2.21. The summed E-state index contributed by atoms with van der Waals surface area (Å²) in [6.45, 7) is 0. The fourth-order valence-corrected chi connectivity index (χ4v) is 1.74. The van der Waals surface area contributed by atoms with E-state index in [2.05, 4.69) is 0 Å². The van der Waals surface area contributed by atoms with E-state index in [0.29, 0.717) is 11.3 Å². The van der Waals surface area contributed by atoms with E-state index in [1.54, 1.807) is 36.4 Å². The van der Waals surface area contributed by atoms with Gasteiger partial charge in [0, 0.05) is 0 Å². The maximum absolute atomic E-state index is 11.9. The summed E-state index contributed by atoms with van der Waals surface area (Å²) >= 11 is 0. The van der Waals surface area contributed by atoms with Crippen LogP contribution in [0.15, 0.2) is 48.5 Å². The van der Waals surface area contributed by atoms with E-state index in [4.69, 9.17) is 4.74 Å². The Labute approximate surface area is 116 Å². The van der Waals surface area contributed by atoms with Crippen LogP contribution in [0.2, 0.25) is 0 Å². The SMILES string of the molecule is COc1cc(/C=C\C(=O)c2ccccc2O)ccc1O. The lowest BCUT2D eigenvalue weighted by Gasteiger charge is -2.03. The number of phenolic OH excluding ortho intramolecular Hbond substituents is 2. The molecule has 0 bridgehead atoms. The number of phenols is 2. The molecular formula is C16H14O4. The molecule has 4 heteroatoms. The normalized spacial score (nSPS) is 10.7. The summed E-state index contributed by atoms with van der Waals surface area (Å²) in [5.74, 6) is 0.0272. The highest BCUT2D eigenvalue weighted by Crippen LogP contribution is 2.27. The third kappa shape index (κ3) is 2.98. The van der Waals surface area contributed by atoms with E-state index in [-0.39, 0.29) is 22.8 Å². The molecule has 0 atom stereocenters. The number of allylic oxidation sites excluding steroid dienone is 1. The van der Waals surface area contributed by atoms with E-state index >= 15 is 0 Å². The number of carbonyl (C=O) groups excluding carboxylic acids is 1. The van der Waals surface area contributed by atoms with Gasteiger partial charge in [0.25, 0.3) is 0 Å². The maximum Gasteiger partial charge on any atom is 0.189 e. The van der Waals surface area contributed by atoms with Crippen LogP contribution < -0.4 is 4.74 Å². The van der Waals surface area contributed by atoms with Gasteiger partial charge in [0.15, 0.2) is 17.3 Å². The van der Waals surface area contributed by atoms with Crippen molar-refractivity contribution in [3.05, 3.63) is 59.7 Å². The summed E-state index contributed by atoms with van der Waals surface area (Å²) in [4.78, 5) is 11.9. The maximum atomic E-state index is 11.9. The Morgan fingerprint density at radius 1 is 1.10 bits per heavy atom. The molecule has 0 spiro atoms. The molecule has 0 aliphatic rings. The fourth-order valence-electron chi connectivity index (χ4n) is 1.74. The van der Waals surface area contributed by atoms with Crippen LogP contribution in [0.4, 0.5) is 0 Å². The van der Waals surface area contributed by atoms with Crippen LogP contribution >= 0.6 is 0 Å². The average molecular weight is 270 g/mol. The van der Waals surface area contributed by atoms with Crippen LogP contribution in [0.1, 0.15) is 15.9 Å². The van der Waals surface area contributed by atoms with Gasteiger partial charge < -0.3 is 14.9 Å². The molecular weight excluding hydrogens is 256 g/mol. The lowest BCUT2D eigenvalue weighted by Crippen LogP contribution is -1.94. The largest absolute Gasteiger partial charge is 0.507 e. The first kappa shape index (κ1) is 13.7. The number of ketones is 1. The van der Waals surface area contributed by atoms with Crippen molar-refractivity contribution in [2.75, 3.05) is 7.11 Å². The molecule has 4 nitrogen and oxygen atoms in total. The van der Waals surface area contributed by atoms with Gasteiger partial charge in [0.1, 0.15) is 5.75 Å². The van der Waals surface area contributed by atoms with Gasteiger partial charge in [-0.25, -0.2) is 0 Å². The Morgan fingerprint density at radius 3 is 2.55 bits per heavy atom. The molecule has 2 aromatic carbocycles. The van der Waals surface area contributed by atoms with Crippen molar-refractivity contribution in [1.29, 1.82) is 0 Å². The number of benzene rings is 2. The van der Waals surface area contributed by atoms with Gasteiger partial charge in [-0.3, -0.25) is 4.79 Å². The lowest BCUT2D eigenvalue weighted by atomic mass is 10.1. The number of aromatic hydroxyl groups is 2. The van der Waals surface area contributed by atoms with Crippen molar-refractivity contribution in [2.45, 2.75) is 0 Å². The molecule has 0 aliphatic heterocycles. The molecule has 0 amide bonds. The minimum absolute atomic E-state index is 0.0386. The predicted molar refractivity (Wildman–Crippen MR) is 76.1 cm³/mol. The molecule has 0 aromatic heterocycles. The molecule has 20 heavy (non-hydrogen) atoms. The van der Waals surface area contributed by atoms with Gasteiger partial charge in [-0.05, 0) is 35.9 Å². The Morgan fingerprint density at radius 2 is 1.85 bits per heavy atom. The Hall–Kier alpha value is -2.75. The van der Waals surface area contributed by atoms with Crippen LogP contribution in [-0.4, -0.2) is 23.1 Å². The van der Waals surface area contributed by atoms with Crippen LogP contribution in [0, 0.1) is 0 Å². The summed E-state index contributed by atoms with van der Waals surface area (Å²) in [5.41, 5.74) is 0.956. The first-order valence-corrected chi connectivity index (χ1v) is 5.99. The highest BCUT2D eigenvalue weighted by atomic mass is 16.5. The van der Waals surface area contributed by atoms with Crippen molar-refractivity contribution < 1.29 is 19.7 Å². The highest BCUT2D eigenvalue weighted by molar-refractivity contribution is 6.08. The standard InChI is InChI=1S/C16H14O4/c1-20-16-10-11(7-9-15(16)19)6-8-14(18)12-4-2-3-5-13(12)17/h2-10,17,19H,1H3/b8-6-. The Bertz CT molecular complexity index is 659. The number of ether oxygens (including phenoxy) is 1. The highest BCUT2D eigenvalue weighted by Gasteiger charge is 2.07. The summed E-state index contributed by atoms with van der Waals surface area (Å²) in [6.07, 6.45) is 2.96. The topological polar surface area (TPSA) is 66.8 Å². The second-order valence-electron chi connectivity index (χ2n) is 4.15. The summed E-state index contributed by atoms with van der Waals surface area (Å²) in [5, 5.41) is 19.1. The number of hydrogen-bond acceptors (Lipinski definition) is 4. The average Bonchev–Trinajstić information content (AvgIpc) is 2.46. The third-order valence-electron chi connectivity index (χ3n) is 2.80. The van der Waals surface area contributed by atoms with Crippen molar-refractivity contribution in [3.8, 4) is 17.2 Å². The summed E-state index contributed by atoms with van der Waals surface area (Å²) in [6, 6.07) is 11.1. The van der Waals surface area contributed by atoms with Crippen molar-refractivity contribution >= 4 is 11.9 Å². The number of carbonyl (C=O) groups is 1. The monoisotopic (exact) mass is 270 g/mol. The smallest absolute Gasteiger partial charge is 0.189 e. The molecule has 2 N–H and O–H groups in total. The van der Waals surface area contributed by atoms with Gasteiger partial charge >= 0.3 is 0 Å². The van der Waals surface area contributed by atoms with Gasteiger partial charge in [0.2, 0.25) is 0 Å². The molecule has 0 unspecified atom stereocenters. The molecule has 0 aliphatic carbocycles. The number of para-hydroxylation sites is 1. The van der Waals surface area contributed by atoms with Crippen molar-refractivity contribution in [3.63, 3.8) is 0 Å².